The Morgan fingerprint density at radius 2 is 1.79 bits per heavy atom. The first-order valence-electron chi connectivity index (χ1n) is 19.9. The van der Waals surface area contributed by atoms with Gasteiger partial charge in [0.25, 0.3) is 5.91 Å². The zero-order valence-electron chi connectivity index (χ0n) is 32.3. The Balaban J connectivity index is 0.835. The number of hydrogen-bond donors (Lipinski definition) is 3. The molecule has 3 atom stereocenters. The second kappa shape index (κ2) is 14.4. The Morgan fingerprint density at radius 3 is 2.54 bits per heavy atom. The van der Waals surface area contributed by atoms with Crippen molar-refractivity contribution >= 4 is 29.2 Å². The number of aromatic hydroxyl groups is 1. The van der Waals surface area contributed by atoms with Gasteiger partial charge in [0.15, 0.2) is 17.4 Å². The van der Waals surface area contributed by atoms with E-state index >= 15 is 0 Å². The molecule has 15 heteroatoms. The molecule has 5 aliphatic heterocycles. The predicted molar refractivity (Wildman–Crippen MR) is 208 cm³/mol. The highest BCUT2D eigenvalue weighted by Gasteiger charge is 2.49. The molecular weight excluding hydrogens is 730 g/mol. The molecule has 296 valence electrons. The third kappa shape index (κ3) is 6.60. The summed E-state index contributed by atoms with van der Waals surface area (Å²) in [6, 6.07) is 12.1. The van der Waals surface area contributed by atoms with Gasteiger partial charge in [0.2, 0.25) is 11.8 Å². The molecule has 4 aromatic rings. The van der Waals surface area contributed by atoms with Crippen molar-refractivity contribution in [2.45, 2.75) is 96.0 Å². The number of aromatic nitrogens is 4. The number of likely N-dealkylation sites (tertiary alicyclic amines) is 1. The average Bonchev–Trinajstić information content (AvgIpc) is 3.74. The second-order valence-electron chi connectivity index (χ2n) is 16.1. The van der Waals surface area contributed by atoms with Crippen LogP contribution in [0.25, 0.3) is 11.3 Å². The van der Waals surface area contributed by atoms with Gasteiger partial charge in [0.05, 0.1) is 23.5 Å². The molecule has 2 aromatic carbocycles. The Kier molecular flexibility index (Phi) is 9.29. The van der Waals surface area contributed by atoms with Gasteiger partial charge >= 0.3 is 6.01 Å². The van der Waals surface area contributed by atoms with Crippen LogP contribution in [0.5, 0.6) is 11.8 Å². The summed E-state index contributed by atoms with van der Waals surface area (Å²) in [4.78, 5) is 53.6. The summed E-state index contributed by atoms with van der Waals surface area (Å²) in [6.07, 6.45) is 3.91. The number of fused-ring (bicyclic) bond motifs is 4. The number of benzene rings is 2. The lowest BCUT2D eigenvalue weighted by Gasteiger charge is -2.43. The molecule has 3 saturated heterocycles. The van der Waals surface area contributed by atoms with Crippen LogP contribution in [0.15, 0.2) is 42.5 Å². The van der Waals surface area contributed by atoms with Crippen LogP contribution >= 0.6 is 0 Å². The summed E-state index contributed by atoms with van der Waals surface area (Å²) >= 11 is 0. The number of piperidine rings is 2. The maximum atomic E-state index is 14.2. The molecule has 3 amide bonds. The molecule has 14 nitrogen and oxygen atoms in total. The van der Waals surface area contributed by atoms with Crippen molar-refractivity contribution in [3.8, 4) is 23.0 Å². The van der Waals surface area contributed by atoms with E-state index in [-0.39, 0.29) is 35.4 Å². The van der Waals surface area contributed by atoms with Crippen LogP contribution in [0.1, 0.15) is 89.8 Å². The number of phenolic OH excluding ortho intramolecular Hbond substituents is 1. The highest BCUT2D eigenvalue weighted by Crippen LogP contribution is 2.45. The fraction of sp³-hybridized carbons (Fsp3) is 0.452. The monoisotopic (exact) mass is 775 g/mol. The maximum absolute atomic E-state index is 14.2. The first-order chi connectivity index (χ1) is 27.5. The van der Waals surface area contributed by atoms with Crippen LogP contribution in [0.3, 0.4) is 0 Å². The van der Waals surface area contributed by atoms with E-state index in [4.69, 9.17) is 14.7 Å². The highest BCUT2D eigenvalue weighted by atomic mass is 19.1. The lowest BCUT2D eigenvalue weighted by Crippen LogP contribution is -2.52. The molecule has 7 heterocycles. The smallest absolute Gasteiger partial charge is 0.317 e. The fourth-order valence-electron chi connectivity index (χ4n) is 9.49. The third-order valence-electron chi connectivity index (χ3n) is 12.8. The Labute approximate surface area is 329 Å². The van der Waals surface area contributed by atoms with E-state index in [9.17, 15) is 23.9 Å². The highest BCUT2D eigenvalue weighted by molar-refractivity contribution is 6.05. The SMILES string of the molecule is CC[C@@]12CNc3nnc(-c4cccc(F)c4O)cc3N1C[C@H](Oc1nc(C)c(CN3CCC(c4ccc5c(c4)C(=O)N([C@H]4CCC(=O)NC4=O)C5)CC3)c(C)n1)C2. The zero-order chi connectivity index (χ0) is 39.6. The van der Waals surface area contributed by atoms with E-state index < -0.39 is 23.5 Å². The molecular formula is C42H46FN9O5. The van der Waals surface area contributed by atoms with Gasteiger partial charge in [-0.1, -0.05) is 25.1 Å². The van der Waals surface area contributed by atoms with Gasteiger partial charge in [-0.3, -0.25) is 24.6 Å². The van der Waals surface area contributed by atoms with Crippen LogP contribution in [0, 0.1) is 19.7 Å². The van der Waals surface area contributed by atoms with Gasteiger partial charge in [0, 0.05) is 60.6 Å². The number of carbonyl (C=O) groups excluding carboxylic acids is 3. The van der Waals surface area contributed by atoms with Gasteiger partial charge in [0.1, 0.15) is 12.1 Å². The normalized spacial score (nSPS) is 23.5. The molecule has 3 fully saturated rings. The number of imide groups is 1. The lowest BCUT2D eigenvalue weighted by molar-refractivity contribution is -0.136. The second-order valence-corrected chi connectivity index (χ2v) is 16.1. The van der Waals surface area contributed by atoms with Gasteiger partial charge in [-0.05, 0) is 93.9 Å². The first-order valence-corrected chi connectivity index (χ1v) is 19.9. The molecule has 9 rings (SSSR count). The van der Waals surface area contributed by atoms with E-state index in [2.05, 4.69) is 43.6 Å². The molecule has 5 aliphatic rings. The van der Waals surface area contributed by atoms with Crippen LogP contribution in [-0.2, 0) is 22.7 Å². The molecule has 57 heavy (non-hydrogen) atoms. The van der Waals surface area contributed by atoms with Crippen molar-refractivity contribution in [3.63, 3.8) is 0 Å². The summed E-state index contributed by atoms with van der Waals surface area (Å²) in [5.41, 5.74) is 6.86. The summed E-state index contributed by atoms with van der Waals surface area (Å²) in [5, 5.41) is 24.9. The number of ether oxygens (including phenoxy) is 1. The summed E-state index contributed by atoms with van der Waals surface area (Å²) in [5.74, 6) is -1.02. The Hall–Kier alpha value is -5.70. The number of carbonyl (C=O) groups is 3. The largest absolute Gasteiger partial charge is 0.504 e. The number of hydrogen-bond acceptors (Lipinski definition) is 12. The van der Waals surface area contributed by atoms with E-state index in [1.54, 1.807) is 17.0 Å². The number of rotatable bonds is 8. The Bertz CT molecular complexity index is 2270. The number of nitrogens with zero attached hydrogens (tertiary/aromatic N) is 7. The van der Waals surface area contributed by atoms with E-state index in [1.807, 2.05) is 32.0 Å². The quantitative estimate of drug-likeness (QED) is 0.210. The van der Waals surface area contributed by atoms with Crippen molar-refractivity contribution < 1.29 is 28.6 Å². The third-order valence-corrected chi connectivity index (χ3v) is 12.8. The molecule has 0 bridgehead atoms. The Morgan fingerprint density at radius 1 is 1.00 bits per heavy atom. The molecule has 0 saturated carbocycles. The summed E-state index contributed by atoms with van der Waals surface area (Å²) in [6.45, 7) is 10.3. The van der Waals surface area contributed by atoms with E-state index in [0.29, 0.717) is 55.1 Å². The van der Waals surface area contributed by atoms with Crippen LogP contribution in [0.4, 0.5) is 15.9 Å². The molecule has 2 aromatic heterocycles. The number of halogens is 1. The van der Waals surface area contributed by atoms with E-state index in [0.717, 1.165) is 79.1 Å². The molecule has 0 aliphatic carbocycles. The van der Waals surface area contributed by atoms with Crippen LogP contribution < -0.4 is 20.3 Å². The van der Waals surface area contributed by atoms with Crippen molar-refractivity contribution in [2.75, 3.05) is 36.4 Å². The predicted octanol–water partition coefficient (Wildman–Crippen LogP) is 4.77. The number of aryl methyl sites for hydroxylation is 2. The summed E-state index contributed by atoms with van der Waals surface area (Å²) < 4.78 is 20.7. The van der Waals surface area contributed by atoms with Crippen molar-refractivity contribution in [3.05, 3.63) is 81.9 Å². The van der Waals surface area contributed by atoms with Crippen molar-refractivity contribution in [1.82, 2.24) is 35.3 Å². The topological polar surface area (TPSA) is 166 Å². The standard InChI is InChI=1S/C42H46FN9O5/c1-4-42-18-28(20-52(42)35-17-33(48-49-38(35)44-22-42)29-6-5-7-32(43)37(29)54)57-41-45-23(2)31(24(3)46-41)21-50-14-12-25(13-15-50)26-8-9-27-19-51(40(56)30(27)16-26)34-10-11-36(53)47-39(34)55/h5-9,16-17,25,28,34,54H,4,10-15,18-22H2,1-3H3,(H,44,49)(H,47,53,55)/t28-,34+,42-/m1/s1. The number of para-hydroxylation sites is 1. The van der Waals surface area contributed by atoms with Gasteiger partial charge in [-0.15, -0.1) is 10.2 Å². The van der Waals surface area contributed by atoms with Crippen molar-refractivity contribution in [2.24, 2.45) is 0 Å². The van der Waals surface area contributed by atoms with Gasteiger partial charge in [-0.2, -0.15) is 0 Å². The average molecular weight is 776 g/mol. The molecule has 3 N–H and O–H groups in total. The van der Waals surface area contributed by atoms with Crippen molar-refractivity contribution in [1.29, 1.82) is 0 Å². The van der Waals surface area contributed by atoms with E-state index in [1.165, 1.54) is 6.07 Å². The van der Waals surface area contributed by atoms with Crippen LogP contribution in [0.2, 0.25) is 0 Å². The number of anilines is 2. The minimum Gasteiger partial charge on any atom is -0.504 e. The molecule has 0 spiro atoms. The first kappa shape index (κ1) is 36.9. The maximum Gasteiger partial charge on any atom is 0.317 e. The minimum absolute atomic E-state index is 0.138. The fourth-order valence-corrected chi connectivity index (χ4v) is 9.49. The summed E-state index contributed by atoms with van der Waals surface area (Å²) in [7, 11) is 0. The number of nitrogens with one attached hydrogen (secondary N) is 2. The lowest BCUT2D eigenvalue weighted by atomic mass is 9.87. The van der Waals surface area contributed by atoms with Gasteiger partial charge in [-0.25, -0.2) is 14.4 Å². The molecule has 0 unspecified atom stereocenters. The number of phenols is 1. The minimum atomic E-state index is -0.710. The van der Waals surface area contributed by atoms with Gasteiger partial charge < -0.3 is 25.0 Å². The van der Waals surface area contributed by atoms with Crippen LogP contribution in [-0.4, -0.2) is 96.7 Å². The zero-order valence-corrected chi connectivity index (χ0v) is 32.3. The molecule has 0 radical (unpaired) electrons. The number of amides is 3.